The van der Waals surface area contributed by atoms with E-state index in [0.29, 0.717) is 5.03 Å². The van der Waals surface area contributed by atoms with Crippen LogP contribution in [0.3, 0.4) is 0 Å². The van der Waals surface area contributed by atoms with E-state index in [1.165, 1.54) is 0 Å². The van der Waals surface area contributed by atoms with Crippen molar-refractivity contribution in [2.24, 2.45) is 0 Å². The number of aromatic nitrogens is 2. The molecule has 1 aliphatic rings. The Morgan fingerprint density at radius 1 is 1.71 bits per heavy atom. The van der Waals surface area contributed by atoms with Gasteiger partial charge in [0, 0.05) is 0 Å². The molecule has 0 spiro atoms. The number of nitrogens with zero attached hydrogens (tertiary/aromatic N) is 2. The molecule has 0 aromatic carbocycles. The molecule has 5 nitrogen and oxygen atoms in total. The van der Waals surface area contributed by atoms with Crippen LogP contribution < -0.4 is 21.6 Å². The van der Waals surface area contributed by atoms with Gasteiger partial charge < -0.3 is 0 Å². The number of ether oxygens (including phenoxy) is 1. The van der Waals surface area contributed by atoms with Gasteiger partial charge in [0.15, 0.2) is 0 Å². The maximum atomic E-state index is 11.9. The molecule has 1 aliphatic heterocycles. The van der Waals surface area contributed by atoms with Crippen molar-refractivity contribution in [3.63, 3.8) is 0 Å². The SMILES string of the molecule is CC[I-]OS(=O)c1ccnn1C1CCCCO1. The summed E-state index contributed by atoms with van der Waals surface area (Å²) in [6, 6.07) is 1.74. The first-order valence-electron chi connectivity index (χ1n) is 5.66. The third-order valence-electron chi connectivity index (χ3n) is 2.44. The summed E-state index contributed by atoms with van der Waals surface area (Å²) in [5.41, 5.74) is 0. The Morgan fingerprint density at radius 3 is 3.29 bits per heavy atom. The summed E-state index contributed by atoms with van der Waals surface area (Å²) < 4.78 is 25.6. The molecule has 1 saturated heterocycles. The van der Waals surface area contributed by atoms with E-state index in [2.05, 4.69) is 5.10 Å². The van der Waals surface area contributed by atoms with Gasteiger partial charge in [-0.05, 0) is 0 Å². The third-order valence-corrected chi connectivity index (χ3v) is 5.68. The fraction of sp³-hybridized carbons (Fsp3) is 0.700. The van der Waals surface area contributed by atoms with Crippen LogP contribution in [0.1, 0.15) is 32.4 Å². The van der Waals surface area contributed by atoms with Crippen LogP contribution >= 0.6 is 0 Å². The zero-order chi connectivity index (χ0) is 12.1. The monoisotopic (exact) mass is 371 g/mol. The van der Waals surface area contributed by atoms with Gasteiger partial charge in [0.05, 0.1) is 0 Å². The van der Waals surface area contributed by atoms with Crippen LogP contribution in [0.4, 0.5) is 0 Å². The minimum atomic E-state index is -1.40. The molecule has 0 aliphatic carbocycles. The first-order valence-corrected chi connectivity index (χ1v) is 9.14. The molecule has 17 heavy (non-hydrogen) atoms. The molecular formula is C10H16IN2O3S-. The van der Waals surface area contributed by atoms with E-state index in [-0.39, 0.29) is 6.23 Å². The maximum absolute atomic E-state index is 11.9. The predicted molar refractivity (Wildman–Crippen MR) is 59.1 cm³/mol. The Kier molecular flexibility index (Phi) is 5.39. The van der Waals surface area contributed by atoms with Crippen LogP contribution in [0.5, 0.6) is 0 Å². The van der Waals surface area contributed by atoms with Crippen LogP contribution in [-0.2, 0) is 18.3 Å². The molecule has 1 fully saturated rings. The van der Waals surface area contributed by atoms with E-state index >= 15 is 0 Å². The van der Waals surface area contributed by atoms with E-state index in [0.717, 1.165) is 30.3 Å². The van der Waals surface area contributed by atoms with Crippen molar-refractivity contribution in [1.82, 2.24) is 9.78 Å². The second-order valence-electron chi connectivity index (χ2n) is 3.61. The number of hydrogen-bond donors (Lipinski definition) is 0. The van der Waals surface area contributed by atoms with Crippen molar-refractivity contribution in [3.8, 4) is 0 Å². The summed E-state index contributed by atoms with van der Waals surface area (Å²) in [7, 11) is 0. The normalized spacial score (nSPS) is 22.8. The topological polar surface area (TPSA) is 53.3 Å². The van der Waals surface area contributed by atoms with Crippen LogP contribution in [0.25, 0.3) is 0 Å². The van der Waals surface area contributed by atoms with Gasteiger partial charge >= 0.3 is 115 Å². The standard InChI is InChI=1S/C10H16IN2O3S/c1-2-11-16-17(14)10-6-7-12-13(10)9-5-3-4-8-15-9/h6-7,9H,2-5,8H2,1H3/q-1. The predicted octanol–water partition coefficient (Wildman–Crippen LogP) is -1.35. The van der Waals surface area contributed by atoms with E-state index in [9.17, 15) is 4.21 Å². The summed E-state index contributed by atoms with van der Waals surface area (Å²) in [6.07, 6.45) is 4.71. The number of hydrogen-bond acceptors (Lipinski definition) is 4. The van der Waals surface area contributed by atoms with E-state index < -0.39 is 32.7 Å². The van der Waals surface area contributed by atoms with Gasteiger partial charge in [0.25, 0.3) is 0 Å². The van der Waals surface area contributed by atoms with Gasteiger partial charge in [-0.15, -0.1) is 0 Å². The molecule has 98 valence electrons. The summed E-state index contributed by atoms with van der Waals surface area (Å²) in [5, 5.41) is 4.82. The van der Waals surface area contributed by atoms with E-state index in [4.69, 9.17) is 7.25 Å². The first-order chi connectivity index (χ1) is 8.33. The second-order valence-corrected chi connectivity index (χ2v) is 7.85. The molecule has 0 saturated carbocycles. The van der Waals surface area contributed by atoms with E-state index in [1.807, 2.05) is 6.92 Å². The molecule has 0 radical (unpaired) electrons. The third kappa shape index (κ3) is 3.49. The molecule has 7 heteroatoms. The summed E-state index contributed by atoms with van der Waals surface area (Å²) in [5.74, 6) is 0. The summed E-state index contributed by atoms with van der Waals surface area (Å²) >= 11 is -1.83. The average Bonchev–Trinajstić information content (AvgIpc) is 2.86. The first kappa shape index (κ1) is 13.4. The molecule has 1 aromatic heterocycles. The Labute approximate surface area is 114 Å². The quantitative estimate of drug-likeness (QED) is 0.474. The van der Waals surface area contributed by atoms with Crippen LogP contribution in [0.15, 0.2) is 17.3 Å². The zero-order valence-electron chi connectivity index (χ0n) is 9.67. The Morgan fingerprint density at radius 2 is 2.59 bits per heavy atom. The van der Waals surface area contributed by atoms with Crippen LogP contribution in [-0.4, -0.2) is 25.0 Å². The van der Waals surface area contributed by atoms with Gasteiger partial charge in [-0.25, -0.2) is 0 Å². The Hall–Kier alpha value is 0.0100. The molecule has 0 amide bonds. The average molecular weight is 371 g/mol. The molecule has 2 rings (SSSR count). The van der Waals surface area contributed by atoms with E-state index in [1.54, 1.807) is 16.9 Å². The molecule has 1 aromatic rings. The molecule has 2 unspecified atom stereocenters. The summed E-state index contributed by atoms with van der Waals surface area (Å²) in [4.78, 5) is 0. The minimum absolute atomic E-state index is 0.0823. The van der Waals surface area contributed by atoms with Crippen LogP contribution in [0, 0.1) is 0 Å². The van der Waals surface area contributed by atoms with Crippen molar-refractivity contribution in [2.75, 3.05) is 11.0 Å². The van der Waals surface area contributed by atoms with Gasteiger partial charge in [-0.1, -0.05) is 0 Å². The number of rotatable bonds is 5. The van der Waals surface area contributed by atoms with Crippen molar-refractivity contribution in [1.29, 1.82) is 0 Å². The summed E-state index contributed by atoms with van der Waals surface area (Å²) in [6.45, 7) is 2.78. The van der Waals surface area contributed by atoms with Crippen molar-refractivity contribution in [2.45, 2.75) is 37.4 Å². The zero-order valence-corrected chi connectivity index (χ0v) is 12.6. The van der Waals surface area contributed by atoms with Gasteiger partial charge in [0.2, 0.25) is 0 Å². The molecular weight excluding hydrogens is 355 g/mol. The second kappa shape index (κ2) is 6.81. The van der Waals surface area contributed by atoms with Gasteiger partial charge in [0.1, 0.15) is 0 Å². The fourth-order valence-corrected chi connectivity index (χ4v) is 4.42. The Bertz CT molecular complexity index is 379. The molecule has 0 bridgehead atoms. The number of alkyl halides is 1. The van der Waals surface area contributed by atoms with Crippen molar-refractivity contribution >= 4 is 11.1 Å². The molecule has 2 heterocycles. The van der Waals surface area contributed by atoms with Crippen LogP contribution in [0.2, 0.25) is 0 Å². The van der Waals surface area contributed by atoms with Crippen molar-refractivity contribution < 1.29 is 33.1 Å². The molecule has 2 atom stereocenters. The molecule has 0 N–H and O–H groups in total. The Balaban J connectivity index is 2.07. The van der Waals surface area contributed by atoms with Gasteiger partial charge in [-0.2, -0.15) is 0 Å². The van der Waals surface area contributed by atoms with Gasteiger partial charge in [-0.3, -0.25) is 0 Å². The van der Waals surface area contributed by atoms with Crippen molar-refractivity contribution in [3.05, 3.63) is 12.3 Å². The fourth-order valence-electron chi connectivity index (χ4n) is 1.68. The number of halogens is 1.